The molecule has 0 fully saturated rings. The van der Waals surface area contributed by atoms with Gasteiger partial charge in [0, 0.05) is 5.33 Å². The lowest BCUT2D eigenvalue weighted by Gasteiger charge is -2.12. The maximum atomic E-state index is 9.62. The van der Waals surface area contributed by atoms with E-state index in [0.29, 0.717) is 23.4 Å². The molecule has 0 aliphatic carbocycles. The number of rotatable bonds is 6. The van der Waals surface area contributed by atoms with E-state index in [2.05, 4.69) is 22.9 Å². The second-order valence-electron chi connectivity index (χ2n) is 3.67. The molecule has 0 radical (unpaired) electrons. The molecular formula is C12H18BrNO2. The fourth-order valence-corrected chi connectivity index (χ4v) is 1.70. The Morgan fingerprint density at radius 3 is 2.81 bits per heavy atom. The molecule has 0 spiro atoms. The van der Waals surface area contributed by atoms with Crippen LogP contribution >= 0.6 is 15.9 Å². The summed E-state index contributed by atoms with van der Waals surface area (Å²) in [4.78, 5) is 0. The largest absolute Gasteiger partial charge is 0.491 e. The number of hydrogen-bond donors (Lipinski definition) is 2. The molecule has 0 aromatic heterocycles. The summed E-state index contributed by atoms with van der Waals surface area (Å²) in [6.45, 7) is 2.79. The van der Waals surface area contributed by atoms with Crippen molar-refractivity contribution in [3.05, 3.63) is 23.8 Å². The molecule has 3 nitrogen and oxygen atoms in total. The van der Waals surface area contributed by atoms with Gasteiger partial charge >= 0.3 is 0 Å². The van der Waals surface area contributed by atoms with E-state index in [0.717, 1.165) is 18.4 Å². The van der Waals surface area contributed by atoms with Crippen LogP contribution in [0.15, 0.2) is 18.2 Å². The van der Waals surface area contributed by atoms with Crippen LogP contribution in [0.4, 0.5) is 5.69 Å². The summed E-state index contributed by atoms with van der Waals surface area (Å²) in [7, 11) is 0. The number of unbranched alkanes of at least 4 members (excludes halogenated alkanes) is 1. The van der Waals surface area contributed by atoms with E-state index in [-0.39, 0.29) is 0 Å². The predicted octanol–water partition coefficient (Wildman–Crippen LogP) is 2.88. The van der Waals surface area contributed by atoms with Crippen LogP contribution in [0.1, 0.15) is 31.4 Å². The van der Waals surface area contributed by atoms with Gasteiger partial charge in [0.05, 0.1) is 18.4 Å². The normalized spacial score (nSPS) is 12.4. The Labute approximate surface area is 105 Å². The molecule has 0 saturated carbocycles. The fraction of sp³-hybridized carbons (Fsp3) is 0.500. The van der Waals surface area contributed by atoms with Crippen LogP contribution in [0.2, 0.25) is 0 Å². The molecule has 0 amide bonds. The van der Waals surface area contributed by atoms with Gasteiger partial charge < -0.3 is 15.6 Å². The zero-order chi connectivity index (χ0) is 12.0. The third-order valence-electron chi connectivity index (χ3n) is 2.32. The summed E-state index contributed by atoms with van der Waals surface area (Å²) >= 11 is 3.22. The van der Waals surface area contributed by atoms with E-state index >= 15 is 0 Å². The highest BCUT2D eigenvalue weighted by molar-refractivity contribution is 9.09. The van der Waals surface area contributed by atoms with Crippen molar-refractivity contribution in [1.29, 1.82) is 0 Å². The van der Waals surface area contributed by atoms with Gasteiger partial charge in [-0.1, -0.05) is 35.3 Å². The van der Waals surface area contributed by atoms with E-state index in [1.165, 1.54) is 0 Å². The first kappa shape index (κ1) is 13.3. The van der Waals surface area contributed by atoms with Crippen molar-refractivity contribution in [3.8, 4) is 5.75 Å². The zero-order valence-corrected chi connectivity index (χ0v) is 11.0. The maximum Gasteiger partial charge on any atom is 0.142 e. The highest BCUT2D eigenvalue weighted by Crippen LogP contribution is 2.26. The number of nitrogens with two attached hydrogens (primary N) is 1. The number of ether oxygens (including phenoxy) is 1. The summed E-state index contributed by atoms with van der Waals surface area (Å²) in [6, 6.07) is 5.41. The van der Waals surface area contributed by atoms with E-state index in [1.54, 1.807) is 6.07 Å². The molecule has 0 aliphatic heterocycles. The molecule has 3 N–H and O–H groups in total. The van der Waals surface area contributed by atoms with Crippen molar-refractivity contribution in [2.24, 2.45) is 0 Å². The predicted molar refractivity (Wildman–Crippen MR) is 70.0 cm³/mol. The minimum absolute atomic E-state index is 0.502. The minimum Gasteiger partial charge on any atom is -0.491 e. The van der Waals surface area contributed by atoms with Crippen molar-refractivity contribution < 1.29 is 9.84 Å². The lowest BCUT2D eigenvalue weighted by molar-refractivity contribution is 0.205. The molecule has 90 valence electrons. The van der Waals surface area contributed by atoms with Gasteiger partial charge in [-0.3, -0.25) is 0 Å². The van der Waals surface area contributed by atoms with Crippen LogP contribution < -0.4 is 10.5 Å². The molecule has 0 saturated heterocycles. The van der Waals surface area contributed by atoms with Gasteiger partial charge in [0.15, 0.2) is 0 Å². The summed E-state index contributed by atoms with van der Waals surface area (Å²) < 4.78 is 5.53. The third kappa shape index (κ3) is 3.68. The molecule has 1 unspecified atom stereocenters. The van der Waals surface area contributed by atoms with Crippen molar-refractivity contribution in [3.63, 3.8) is 0 Å². The summed E-state index contributed by atoms with van der Waals surface area (Å²) in [5.74, 6) is 0.693. The average Bonchev–Trinajstić information content (AvgIpc) is 2.30. The number of halogens is 1. The van der Waals surface area contributed by atoms with Crippen LogP contribution in [-0.4, -0.2) is 17.0 Å². The Kier molecular flexibility index (Phi) is 5.63. The highest BCUT2D eigenvalue weighted by Gasteiger charge is 2.08. The monoisotopic (exact) mass is 287 g/mol. The third-order valence-corrected chi connectivity index (χ3v) is 2.93. The second kappa shape index (κ2) is 6.76. The van der Waals surface area contributed by atoms with E-state index in [9.17, 15) is 5.11 Å². The first-order chi connectivity index (χ1) is 7.69. The van der Waals surface area contributed by atoms with Gasteiger partial charge in [0.2, 0.25) is 0 Å². The molecule has 1 atom stereocenters. The molecule has 1 rings (SSSR count). The molecule has 0 bridgehead atoms. The number of aliphatic hydroxyl groups is 1. The highest BCUT2D eigenvalue weighted by atomic mass is 79.9. The minimum atomic E-state index is -0.521. The zero-order valence-electron chi connectivity index (χ0n) is 9.45. The molecule has 16 heavy (non-hydrogen) atoms. The van der Waals surface area contributed by atoms with Gasteiger partial charge in [-0.15, -0.1) is 0 Å². The lowest BCUT2D eigenvalue weighted by atomic mass is 10.1. The summed E-state index contributed by atoms with van der Waals surface area (Å²) in [5, 5.41) is 10.1. The first-order valence-corrected chi connectivity index (χ1v) is 6.57. The molecule has 1 aromatic rings. The number of nitrogen functional groups attached to an aromatic ring is 1. The van der Waals surface area contributed by atoms with Crippen molar-refractivity contribution >= 4 is 21.6 Å². The Morgan fingerprint density at radius 1 is 1.50 bits per heavy atom. The number of hydrogen-bond acceptors (Lipinski definition) is 3. The number of aliphatic hydroxyl groups excluding tert-OH is 1. The van der Waals surface area contributed by atoms with Gasteiger partial charge in [-0.25, -0.2) is 0 Å². The number of alkyl halides is 1. The van der Waals surface area contributed by atoms with Crippen LogP contribution in [-0.2, 0) is 0 Å². The quantitative estimate of drug-likeness (QED) is 0.481. The summed E-state index contributed by atoms with van der Waals surface area (Å²) in [5.41, 5.74) is 7.23. The van der Waals surface area contributed by atoms with Gasteiger partial charge in [-0.05, 0) is 24.1 Å². The van der Waals surface area contributed by atoms with E-state index < -0.39 is 6.10 Å². The van der Waals surface area contributed by atoms with Gasteiger partial charge in [0.1, 0.15) is 5.75 Å². The van der Waals surface area contributed by atoms with Crippen molar-refractivity contribution in [2.45, 2.75) is 25.9 Å². The molecule has 1 aromatic carbocycles. The standard InChI is InChI=1S/C12H18BrNO2/c1-2-3-6-16-12-5-4-9(7-10(12)14)11(15)8-13/h4-5,7,11,15H,2-3,6,8,14H2,1H3. The SMILES string of the molecule is CCCCOc1ccc(C(O)CBr)cc1N. The topological polar surface area (TPSA) is 55.5 Å². The molecular weight excluding hydrogens is 270 g/mol. The Morgan fingerprint density at radius 2 is 2.25 bits per heavy atom. The van der Waals surface area contributed by atoms with Crippen LogP contribution in [0.25, 0.3) is 0 Å². The molecule has 0 aliphatic rings. The Hall–Kier alpha value is -0.740. The van der Waals surface area contributed by atoms with Crippen molar-refractivity contribution in [1.82, 2.24) is 0 Å². The van der Waals surface area contributed by atoms with E-state index in [1.807, 2.05) is 12.1 Å². The van der Waals surface area contributed by atoms with Crippen LogP contribution in [0, 0.1) is 0 Å². The second-order valence-corrected chi connectivity index (χ2v) is 4.32. The Balaban J connectivity index is 2.67. The smallest absolute Gasteiger partial charge is 0.142 e. The van der Waals surface area contributed by atoms with Gasteiger partial charge in [-0.2, -0.15) is 0 Å². The van der Waals surface area contributed by atoms with Crippen LogP contribution in [0.3, 0.4) is 0 Å². The Bertz CT molecular complexity index is 331. The van der Waals surface area contributed by atoms with Crippen LogP contribution in [0.5, 0.6) is 5.75 Å². The summed E-state index contributed by atoms with van der Waals surface area (Å²) in [6.07, 6.45) is 1.60. The molecule has 4 heteroatoms. The number of anilines is 1. The molecule has 0 heterocycles. The van der Waals surface area contributed by atoms with Gasteiger partial charge in [0.25, 0.3) is 0 Å². The lowest BCUT2D eigenvalue weighted by Crippen LogP contribution is -2.03. The average molecular weight is 288 g/mol. The fourth-order valence-electron chi connectivity index (χ4n) is 1.32. The van der Waals surface area contributed by atoms with E-state index in [4.69, 9.17) is 10.5 Å². The maximum absolute atomic E-state index is 9.62. The first-order valence-electron chi connectivity index (χ1n) is 5.45. The van der Waals surface area contributed by atoms with Crippen molar-refractivity contribution in [2.75, 3.05) is 17.7 Å². The number of benzene rings is 1.